The fraction of sp³-hybridized carbons (Fsp3) is 0.619. The average Bonchev–Trinajstić information content (AvgIpc) is 3.15. The first-order valence-electron chi connectivity index (χ1n) is 9.98. The van der Waals surface area contributed by atoms with E-state index in [9.17, 15) is 4.79 Å². The van der Waals surface area contributed by atoms with Crippen LogP contribution in [0.2, 0.25) is 0 Å². The first-order valence-corrected chi connectivity index (χ1v) is 9.98. The number of likely N-dealkylation sites (N-methyl/N-ethyl adjacent to an activating group) is 1. The molecule has 1 amide bonds. The predicted molar refractivity (Wildman–Crippen MR) is 127 cm³/mol. The van der Waals surface area contributed by atoms with Crippen molar-refractivity contribution in [1.29, 1.82) is 0 Å². The normalized spacial score (nSPS) is 18.0. The van der Waals surface area contributed by atoms with Gasteiger partial charge in [0.15, 0.2) is 5.96 Å². The Kier molecular flexibility index (Phi) is 10.8. The van der Waals surface area contributed by atoms with Gasteiger partial charge in [0.1, 0.15) is 0 Å². The molecule has 1 saturated heterocycles. The molecule has 158 valence electrons. The molecule has 0 saturated carbocycles. The number of nitrogens with one attached hydrogen (secondary N) is 2. The van der Waals surface area contributed by atoms with Crippen LogP contribution in [0.1, 0.15) is 43.9 Å². The molecule has 0 aliphatic carbocycles. The molecule has 2 atom stereocenters. The highest BCUT2D eigenvalue weighted by Gasteiger charge is 2.26. The first kappa shape index (κ1) is 24.7. The maximum absolute atomic E-state index is 11.9. The smallest absolute Gasteiger partial charge is 0.222 e. The second-order valence-corrected chi connectivity index (χ2v) is 7.35. The highest BCUT2D eigenvalue weighted by molar-refractivity contribution is 14.0. The highest BCUT2D eigenvalue weighted by Crippen LogP contribution is 2.18. The van der Waals surface area contributed by atoms with Gasteiger partial charge in [-0.05, 0) is 38.1 Å². The molecule has 7 heteroatoms. The topological polar surface area (TPSA) is 60.0 Å². The van der Waals surface area contributed by atoms with Gasteiger partial charge in [0.25, 0.3) is 0 Å². The fourth-order valence-electron chi connectivity index (χ4n) is 3.48. The van der Waals surface area contributed by atoms with Gasteiger partial charge in [0, 0.05) is 39.1 Å². The number of rotatable bonds is 7. The number of aliphatic imine (C=N–C) groups is 1. The molecule has 1 aliphatic rings. The molecular weight excluding hydrogens is 465 g/mol. The molecule has 6 nitrogen and oxygen atoms in total. The minimum absolute atomic E-state index is 0. The van der Waals surface area contributed by atoms with Crippen LogP contribution in [0, 0.1) is 0 Å². The molecule has 0 bridgehead atoms. The van der Waals surface area contributed by atoms with E-state index in [1.165, 1.54) is 11.1 Å². The lowest BCUT2D eigenvalue weighted by Gasteiger charge is -2.27. The van der Waals surface area contributed by atoms with Crippen LogP contribution in [0.15, 0.2) is 29.3 Å². The highest BCUT2D eigenvalue weighted by atomic mass is 127. The monoisotopic (exact) mass is 501 g/mol. The van der Waals surface area contributed by atoms with E-state index in [1.807, 2.05) is 11.8 Å². The largest absolute Gasteiger partial charge is 0.354 e. The zero-order chi connectivity index (χ0) is 19.8. The zero-order valence-electron chi connectivity index (χ0n) is 17.9. The van der Waals surface area contributed by atoms with Gasteiger partial charge in [0.2, 0.25) is 5.91 Å². The molecule has 2 unspecified atom stereocenters. The summed E-state index contributed by atoms with van der Waals surface area (Å²) in [4.78, 5) is 20.4. The van der Waals surface area contributed by atoms with Crippen LogP contribution in [-0.4, -0.2) is 68.5 Å². The Labute approximate surface area is 187 Å². The summed E-state index contributed by atoms with van der Waals surface area (Å²) >= 11 is 0. The number of guanidine groups is 1. The van der Waals surface area contributed by atoms with Crippen LogP contribution in [-0.2, 0) is 11.2 Å². The molecule has 28 heavy (non-hydrogen) atoms. The third kappa shape index (κ3) is 6.92. The third-order valence-corrected chi connectivity index (χ3v) is 5.27. The fourth-order valence-corrected chi connectivity index (χ4v) is 3.48. The Hall–Kier alpha value is -1.35. The van der Waals surface area contributed by atoms with Crippen LogP contribution in [0.5, 0.6) is 0 Å². The number of aryl methyl sites for hydroxylation is 1. The van der Waals surface area contributed by atoms with Gasteiger partial charge in [-0.25, -0.2) is 0 Å². The lowest BCUT2D eigenvalue weighted by molar-refractivity contribution is -0.129. The molecule has 1 heterocycles. The van der Waals surface area contributed by atoms with E-state index < -0.39 is 0 Å². The summed E-state index contributed by atoms with van der Waals surface area (Å²) in [6.45, 7) is 6.43. The van der Waals surface area contributed by atoms with Crippen molar-refractivity contribution in [1.82, 2.24) is 20.4 Å². The molecule has 0 radical (unpaired) electrons. The Balaban J connectivity index is 0.00000392. The van der Waals surface area contributed by atoms with Gasteiger partial charge in [-0.2, -0.15) is 0 Å². The number of carbonyl (C=O) groups excluding carboxylic acids is 1. The molecular formula is C21H36IN5O. The number of likely N-dealkylation sites (tertiary alicyclic amines) is 1. The Morgan fingerprint density at radius 3 is 2.50 bits per heavy atom. The number of nitrogens with zero attached hydrogens (tertiary/aromatic N) is 3. The molecule has 2 N–H and O–H groups in total. The van der Waals surface area contributed by atoms with Crippen molar-refractivity contribution in [2.45, 2.75) is 45.2 Å². The van der Waals surface area contributed by atoms with Crippen molar-refractivity contribution in [3.8, 4) is 0 Å². The number of carbonyl (C=O) groups is 1. The average molecular weight is 501 g/mol. The van der Waals surface area contributed by atoms with Crippen molar-refractivity contribution in [3.63, 3.8) is 0 Å². The first-order chi connectivity index (χ1) is 13.0. The Morgan fingerprint density at radius 1 is 1.29 bits per heavy atom. The molecule has 1 aliphatic heterocycles. The van der Waals surface area contributed by atoms with E-state index in [0.29, 0.717) is 6.42 Å². The van der Waals surface area contributed by atoms with Crippen molar-refractivity contribution < 1.29 is 4.79 Å². The molecule has 2 rings (SSSR count). The van der Waals surface area contributed by atoms with Crippen molar-refractivity contribution in [3.05, 3.63) is 35.4 Å². The van der Waals surface area contributed by atoms with Gasteiger partial charge < -0.3 is 20.4 Å². The summed E-state index contributed by atoms with van der Waals surface area (Å²) in [7, 11) is 5.99. The van der Waals surface area contributed by atoms with Gasteiger partial charge in [-0.3, -0.25) is 9.79 Å². The maximum atomic E-state index is 11.9. The second kappa shape index (κ2) is 12.3. The van der Waals surface area contributed by atoms with Crippen molar-refractivity contribution >= 4 is 35.8 Å². The number of hydrogen-bond donors (Lipinski definition) is 2. The zero-order valence-corrected chi connectivity index (χ0v) is 20.2. The Morgan fingerprint density at radius 2 is 1.96 bits per heavy atom. The van der Waals surface area contributed by atoms with Crippen LogP contribution in [0.4, 0.5) is 0 Å². The van der Waals surface area contributed by atoms with Crippen molar-refractivity contribution in [2.75, 3.05) is 40.8 Å². The lowest BCUT2D eigenvalue weighted by Crippen LogP contribution is -2.47. The molecule has 1 aromatic rings. The van der Waals surface area contributed by atoms with E-state index in [-0.39, 0.29) is 42.0 Å². The second-order valence-electron chi connectivity index (χ2n) is 7.35. The number of halogens is 1. The summed E-state index contributed by atoms with van der Waals surface area (Å²) in [5, 5.41) is 6.92. The van der Waals surface area contributed by atoms with Crippen LogP contribution in [0.3, 0.4) is 0 Å². The molecule has 1 aromatic carbocycles. The standard InChI is InChI=1S/C21H35N5O.HI/c1-6-16-8-10-17(11-9-16)19(25(4)5)14-23-21(22-3)24-18-12-13-26(15-18)20(27)7-2;/h8-11,18-19H,6-7,12-15H2,1-5H3,(H2,22,23,24);1H. The van der Waals surface area contributed by atoms with Crippen LogP contribution < -0.4 is 10.6 Å². The van der Waals surface area contributed by atoms with Crippen molar-refractivity contribution in [2.24, 2.45) is 4.99 Å². The SMILES string of the molecule is CCC(=O)N1CCC(NC(=NC)NCC(c2ccc(CC)cc2)N(C)C)C1.I. The maximum Gasteiger partial charge on any atom is 0.222 e. The summed E-state index contributed by atoms with van der Waals surface area (Å²) in [6.07, 6.45) is 2.59. The summed E-state index contributed by atoms with van der Waals surface area (Å²) in [5.74, 6) is 1.02. The minimum Gasteiger partial charge on any atom is -0.354 e. The van der Waals surface area contributed by atoms with E-state index in [1.54, 1.807) is 7.05 Å². The Bertz CT molecular complexity index is 632. The summed E-state index contributed by atoms with van der Waals surface area (Å²) in [5.41, 5.74) is 2.65. The lowest BCUT2D eigenvalue weighted by atomic mass is 10.0. The molecule has 0 aromatic heterocycles. The summed E-state index contributed by atoms with van der Waals surface area (Å²) in [6, 6.07) is 9.36. The van der Waals surface area contributed by atoms with E-state index in [4.69, 9.17) is 0 Å². The molecule has 1 fully saturated rings. The quantitative estimate of drug-likeness (QED) is 0.343. The molecule has 0 spiro atoms. The summed E-state index contributed by atoms with van der Waals surface area (Å²) < 4.78 is 0. The minimum atomic E-state index is 0. The predicted octanol–water partition coefficient (Wildman–Crippen LogP) is 2.65. The number of hydrogen-bond acceptors (Lipinski definition) is 3. The van der Waals surface area contributed by atoms with Gasteiger partial charge in [0.05, 0.1) is 6.04 Å². The number of benzene rings is 1. The van der Waals surface area contributed by atoms with Gasteiger partial charge in [-0.15, -0.1) is 24.0 Å². The van der Waals surface area contributed by atoms with Crippen LogP contribution >= 0.6 is 24.0 Å². The van der Waals surface area contributed by atoms with Gasteiger partial charge >= 0.3 is 0 Å². The van der Waals surface area contributed by atoms with E-state index in [2.05, 4.69) is 65.8 Å². The number of amides is 1. The van der Waals surface area contributed by atoms with Crippen LogP contribution in [0.25, 0.3) is 0 Å². The van der Waals surface area contributed by atoms with E-state index in [0.717, 1.165) is 38.4 Å². The third-order valence-electron chi connectivity index (χ3n) is 5.27. The van der Waals surface area contributed by atoms with Gasteiger partial charge in [-0.1, -0.05) is 38.1 Å². The van der Waals surface area contributed by atoms with E-state index >= 15 is 0 Å².